The first-order valence-corrected chi connectivity index (χ1v) is 10.5. The molecule has 0 bridgehead atoms. The quantitative estimate of drug-likeness (QED) is 0.387. The fourth-order valence-electron chi connectivity index (χ4n) is 2.63. The summed E-state index contributed by atoms with van der Waals surface area (Å²) in [7, 11) is 0. The Balaban J connectivity index is 1.80. The molecule has 1 amide bonds. The number of hydrogen-bond donors (Lipinski definition) is 2. The molecule has 0 saturated carbocycles. The van der Waals surface area contributed by atoms with Crippen molar-refractivity contribution >= 4 is 49.8 Å². The van der Waals surface area contributed by atoms with Crippen LogP contribution in [0.5, 0.6) is 5.75 Å². The largest absolute Gasteiger partial charge is 0.487 e. The molecule has 152 valence electrons. The van der Waals surface area contributed by atoms with E-state index in [1.807, 2.05) is 30.3 Å². The van der Waals surface area contributed by atoms with Crippen molar-refractivity contribution in [3.63, 3.8) is 0 Å². The van der Waals surface area contributed by atoms with Crippen molar-refractivity contribution in [2.45, 2.75) is 6.61 Å². The zero-order valence-corrected chi connectivity index (χ0v) is 18.8. The lowest BCUT2D eigenvalue weighted by Crippen LogP contribution is -2.27. The van der Waals surface area contributed by atoms with Crippen LogP contribution in [-0.2, 0) is 11.4 Å². The smallest absolute Gasteiger partial charge is 0.352 e. The van der Waals surface area contributed by atoms with Gasteiger partial charge in [0.05, 0.1) is 8.95 Å². The fourth-order valence-corrected chi connectivity index (χ4v) is 4.08. The summed E-state index contributed by atoms with van der Waals surface area (Å²) in [4.78, 5) is 23.9. The maximum atomic E-state index is 12.3. The third kappa shape index (κ3) is 5.81. The summed E-state index contributed by atoms with van der Waals surface area (Å²) in [6, 6.07) is 21.6. The van der Waals surface area contributed by atoms with Crippen LogP contribution in [0.1, 0.15) is 21.5 Å². The number of carboxylic acid groups (broad SMARTS) is 1. The molecule has 0 unspecified atom stereocenters. The van der Waals surface area contributed by atoms with E-state index in [0.29, 0.717) is 32.4 Å². The maximum absolute atomic E-state index is 12.3. The Kier molecular flexibility index (Phi) is 7.43. The Morgan fingerprint density at radius 1 is 0.933 bits per heavy atom. The molecule has 0 aromatic heterocycles. The minimum absolute atomic E-state index is 0.236. The second-order valence-electron chi connectivity index (χ2n) is 6.27. The van der Waals surface area contributed by atoms with Crippen molar-refractivity contribution in [3.8, 4) is 5.75 Å². The summed E-state index contributed by atoms with van der Waals surface area (Å²) in [6.07, 6.45) is 1.39. The van der Waals surface area contributed by atoms with E-state index in [2.05, 4.69) is 37.2 Å². The van der Waals surface area contributed by atoms with Crippen LogP contribution in [0.25, 0.3) is 6.08 Å². The fraction of sp³-hybridized carbons (Fsp3) is 0.0435. The summed E-state index contributed by atoms with van der Waals surface area (Å²) in [5.41, 5.74) is 1.74. The van der Waals surface area contributed by atoms with Gasteiger partial charge in [-0.25, -0.2) is 4.79 Å². The molecule has 3 rings (SSSR count). The number of halogens is 2. The topological polar surface area (TPSA) is 75.6 Å². The molecule has 0 fully saturated rings. The Bertz CT molecular complexity index is 1060. The van der Waals surface area contributed by atoms with E-state index < -0.39 is 11.9 Å². The summed E-state index contributed by atoms with van der Waals surface area (Å²) >= 11 is 6.93. The van der Waals surface area contributed by atoms with Crippen molar-refractivity contribution in [2.24, 2.45) is 0 Å². The van der Waals surface area contributed by atoms with Gasteiger partial charge in [0.1, 0.15) is 18.1 Å². The molecule has 0 heterocycles. The molecule has 7 heteroatoms. The third-order valence-electron chi connectivity index (χ3n) is 4.07. The first kappa shape index (κ1) is 21.8. The van der Waals surface area contributed by atoms with Crippen molar-refractivity contribution in [1.29, 1.82) is 0 Å². The molecule has 0 aliphatic carbocycles. The first-order valence-electron chi connectivity index (χ1n) is 8.91. The Morgan fingerprint density at radius 3 is 2.07 bits per heavy atom. The van der Waals surface area contributed by atoms with Gasteiger partial charge in [-0.2, -0.15) is 0 Å². The number of aliphatic carboxylic acids is 1. The van der Waals surface area contributed by atoms with Crippen LogP contribution in [0.3, 0.4) is 0 Å². The zero-order valence-electron chi connectivity index (χ0n) is 15.6. The van der Waals surface area contributed by atoms with E-state index in [9.17, 15) is 14.7 Å². The van der Waals surface area contributed by atoms with Crippen molar-refractivity contribution in [3.05, 3.63) is 104 Å². The Labute approximate surface area is 190 Å². The highest BCUT2D eigenvalue weighted by molar-refractivity contribution is 9.11. The molecular formula is C23H17Br2NO4. The van der Waals surface area contributed by atoms with Gasteiger partial charge in [0.15, 0.2) is 0 Å². The number of nitrogens with one attached hydrogen (secondary N) is 1. The minimum atomic E-state index is -1.24. The van der Waals surface area contributed by atoms with Crippen LogP contribution >= 0.6 is 31.9 Å². The van der Waals surface area contributed by atoms with Crippen molar-refractivity contribution in [2.75, 3.05) is 0 Å². The second kappa shape index (κ2) is 10.2. The summed E-state index contributed by atoms with van der Waals surface area (Å²) in [5.74, 6) is -1.14. The molecule has 30 heavy (non-hydrogen) atoms. The van der Waals surface area contributed by atoms with E-state index in [1.54, 1.807) is 42.5 Å². The molecule has 0 radical (unpaired) electrons. The number of hydrogen-bond acceptors (Lipinski definition) is 3. The maximum Gasteiger partial charge on any atom is 0.352 e. The zero-order chi connectivity index (χ0) is 21.5. The van der Waals surface area contributed by atoms with Gasteiger partial charge in [-0.15, -0.1) is 0 Å². The standard InChI is InChI=1S/C23H17Br2NO4/c24-18-11-16(12-19(25)21(18)30-14-15-7-3-1-4-8-15)13-20(23(28)29)26-22(27)17-9-5-2-6-10-17/h1-13H,14H2,(H,26,27)(H,28,29). The minimum Gasteiger partial charge on any atom is -0.487 e. The average molecular weight is 531 g/mol. The number of carboxylic acids is 1. The molecule has 5 nitrogen and oxygen atoms in total. The first-order chi connectivity index (χ1) is 14.4. The molecule has 0 aliphatic rings. The van der Waals surface area contributed by atoms with Gasteiger partial charge >= 0.3 is 5.97 Å². The highest BCUT2D eigenvalue weighted by Gasteiger charge is 2.15. The number of rotatable bonds is 7. The van der Waals surface area contributed by atoms with Crippen LogP contribution in [0, 0.1) is 0 Å². The number of ether oxygens (including phenoxy) is 1. The molecule has 2 N–H and O–H groups in total. The monoisotopic (exact) mass is 529 g/mol. The second-order valence-corrected chi connectivity index (χ2v) is 7.98. The van der Waals surface area contributed by atoms with Gasteiger partial charge in [-0.1, -0.05) is 48.5 Å². The van der Waals surface area contributed by atoms with Gasteiger partial charge in [0, 0.05) is 5.56 Å². The van der Waals surface area contributed by atoms with Crippen LogP contribution in [-0.4, -0.2) is 17.0 Å². The van der Waals surface area contributed by atoms with E-state index >= 15 is 0 Å². The molecule has 3 aromatic rings. The van der Waals surface area contributed by atoms with Gasteiger partial charge in [-0.05, 0) is 73.3 Å². The SMILES string of the molecule is O=C(O)C(=Cc1cc(Br)c(OCc2ccccc2)c(Br)c1)NC(=O)c1ccccc1. The highest BCUT2D eigenvalue weighted by Crippen LogP contribution is 2.36. The normalized spacial score (nSPS) is 11.1. The Hall–Kier alpha value is -2.90. The lowest BCUT2D eigenvalue weighted by molar-refractivity contribution is -0.132. The predicted molar refractivity (Wildman–Crippen MR) is 122 cm³/mol. The van der Waals surface area contributed by atoms with Gasteiger partial charge in [0.2, 0.25) is 0 Å². The average Bonchev–Trinajstić information content (AvgIpc) is 2.74. The van der Waals surface area contributed by atoms with E-state index in [0.717, 1.165) is 5.56 Å². The molecule has 0 spiro atoms. The molecule has 0 atom stereocenters. The van der Waals surface area contributed by atoms with Crippen LogP contribution in [0.4, 0.5) is 0 Å². The van der Waals surface area contributed by atoms with E-state index in [1.165, 1.54) is 6.08 Å². The highest BCUT2D eigenvalue weighted by atomic mass is 79.9. The van der Waals surface area contributed by atoms with Gasteiger partial charge < -0.3 is 15.2 Å². The number of carbonyl (C=O) groups is 2. The van der Waals surface area contributed by atoms with E-state index in [4.69, 9.17) is 4.74 Å². The molecule has 0 saturated heterocycles. The van der Waals surface area contributed by atoms with Crippen molar-refractivity contribution in [1.82, 2.24) is 5.32 Å². The van der Waals surface area contributed by atoms with Crippen molar-refractivity contribution < 1.29 is 19.4 Å². The summed E-state index contributed by atoms with van der Waals surface area (Å²) < 4.78 is 7.19. The molecular weight excluding hydrogens is 514 g/mol. The number of carbonyl (C=O) groups excluding carboxylic acids is 1. The predicted octanol–water partition coefficient (Wildman–Crippen LogP) is 5.65. The lowest BCUT2D eigenvalue weighted by Gasteiger charge is -2.12. The Morgan fingerprint density at radius 2 is 1.50 bits per heavy atom. The lowest BCUT2D eigenvalue weighted by atomic mass is 10.1. The van der Waals surface area contributed by atoms with Crippen LogP contribution < -0.4 is 10.1 Å². The number of amides is 1. The van der Waals surface area contributed by atoms with Crippen LogP contribution in [0.2, 0.25) is 0 Å². The number of benzene rings is 3. The molecule has 0 aliphatic heterocycles. The summed E-state index contributed by atoms with van der Waals surface area (Å²) in [5, 5.41) is 11.9. The van der Waals surface area contributed by atoms with Gasteiger partial charge in [0.25, 0.3) is 5.91 Å². The third-order valence-corrected chi connectivity index (χ3v) is 5.25. The van der Waals surface area contributed by atoms with E-state index in [-0.39, 0.29) is 5.70 Å². The van der Waals surface area contributed by atoms with Crippen LogP contribution in [0.15, 0.2) is 87.4 Å². The van der Waals surface area contributed by atoms with Gasteiger partial charge in [-0.3, -0.25) is 4.79 Å². The summed E-state index contributed by atoms with van der Waals surface area (Å²) in [6.45, 7) is 0.390. The molecule has 3 aromatic carbocycles.